The number of aryl methyl sites for hydroxylation is 1. The summed E-state index contributed by atoms with van der Waals surface area (Å²) in [5.41, 5.74) is 7.50. The first kappa shape index (κ1) is 9.71. The zero-order valence-electron chi connectivity index (χ0n) is 7.73. The minimum Gasteiger partial charge on any atom is -0.398 e. The number of pyridine rings is 1. The Bertz CT molecular complexity index is 286. The first-order valence-electron chi connectivity index (χ1n) is 4.37. The summed E-state index contributed by atoms with van der Waals surface area (Å²) in [5, 5.41) is 0. The van der Waals surface area contributed by atoms with Crippen molar-refractivity contribution in [1.29, 1.82) is 0 Å². The monoisotopic (exact) mass is 178 g/mol. The van der Waals surface area contributed by atoms with Crippen LogP contribution in [0, 0.1) is 5.92 Å². The number of hydrogen-bond acceptors (Lipinski definition) is 3. The number of nitrogens with two attached hydrogens (primary N) is 1. The average molecular weight is 178 g/mol. The molecule has 0 aliphatic heterocycles. The molecule has 1 aromatic heterocycles. The lowest BCUT2D eigenvalue weighted by Gasteiger charge is -2.05. The van der Waals surface area contributed by atoms with E-state index in [4.69, 9.17) is 5.73 Å². The molecule has 0 amide bonds. The molecule has 0 fully saturated rings. The second-order valence-corrected chi connectivity index (χ2v) is 3.23. The third kappa shape index (κ3) is 2.86. The zero-order chi connectivity index (χ0) is 9.68. The summed E-state index contributed by atoms with van der Waals surface area (Å²) in [7, 11) is 0. The highest BCUT2D eigenvalue weighted by Crippen LogP contribution is 2.13. The van der Waals surface area contributed by atoms with Crippen LogP contribution in [-0.2, 0) is 11.2 Å². The van der Waals surface area contributed by atoms with Crippen molar-refractivity contribution in [2.45, 2.75) is 19.8 Å². The SMILES string of the molecule is CC(C=O)CCc1cnccc1N. The molecule has 0 aliphatic rings. The molecule has 1 aromatic rings. The number of aromatic nitrogens is 1. The van der Waals surface area contributed by atoms with Crippen LogP contribution in [0.2, 0.25) is 0 Å². The van der Waals surface area contributed by atoms with Crippen LogP contribution in [-0.4, -0.2) is 11.3 Å². The summed E-state index contributed by atoms with van der Waals surface area (Å²) in [6, 6.07) is 1.78. The van der Waals surface area contributed by atoms with Crippen molar-refractivity contribution < 1.29 is 4.79 Å². The highest BCUT2D eigenvalue weighted by Gasteiger charge is 2.02. The van der Waals surface area contributed by atoms with Gasteiger partial charge < -0.3 is 10.5 Å². The van der Waals surface area contributed by atoms with Gasteiger partial charge in [0.1, 0.15) is 6.29 Å². The van der Waals surface area contributed by atoms with Crippen LogP contribution < -0.4 is 5.73 Å². The largest absolute Gasteiger partial charge is 0.398 e. The summed E-state index contributed by atoms with van der Waals surface area (Å²) in [5.74, 6) is 0.0969. The summed E-state index contributed by atoms with van der Waals surface area (Å²) in [6.45, 7) is 1.90. The number of hydrogen-bond donors (Lipinski definition) is 1. The lowest BCUT2D eigenvalue weighted by Crippen LogP contribution is -2.01. The minimum atomic E-state index is 0.0969. The van der Waals surface area contributed by atoms with Gasteiger partial charge in [-0.25, -0.2) is 0 Å². The van der Waals surface area contributed by atoms with Crippen molar-refractivity contribution in [3.8, 4) is 0 Å². The first-order valence-corrected chi connectivity index (χ1v) is 4.37. The number of anilines is 1. The molecule has 0 aromatic carbocycles. The maximum absolute atomic E-state index is 10.4. The van der Waals surface area contributed by atoms with Gasteiger partial charge in [-0.2, -0.15) is 0 Å². The molecule has 1 rings (SSSR count). The van der Waals surface area contributed by atoms with E-state index in [9.17, 15) is 4.79 Å². The Balaban J connectivity index is 2.54. The Kier molecular flexibility index (Phi) is 3.43. The maximum Gasteiger partial charge on any atom is 0.122 e. The second-order valence-electron chi connectivity index (χ2n) is 3.23. The Morgan fingerprint density at radius 1 is 1.69 bits per heavy atom. The predicted octanol–water partition coefficient (Wildman–Crippen LogP) is 1.43. The molecular weight excluding hydrogens is 164 g/mol. The van der Waals surface area contributed by atoms with E-state index in [1.54, 1.807) is 18.5 Å². The average Bonchev–Trinajstić information content (AvgIpc) is 2.16. The third-order valence-corrected chi connectivity index (χ3v) is 2.04. The van der Waals surface area contributed by atoms with Crippen molar-refractivity contribution in [3.05, 3.63) is 24.0 Å². The highest BCUT2D eigenvalue weighted by atomic mass is 16.1. The fourth-order valence-corrected chi connectivity index (χ4v) is 1.10. The van der Waals surface area contributed by atoms with Crippen molar-refractivity contribution in [1.82, 2.24) is 4.98 Å². The lowest BCUT2D eigenvalue weighted by molar-refractivity contribution is -0.110. The number of nitrogen functional groups attached to an aromatic ring is 1. The van der Waals surface area contributed by atoms with Gasteiger partial charge in [0.15, 0.2) is 0 Å². The molecule has 0 radical (unpaired) electrons. The fraction of sp³-hybridized carbons (Fsp3) is 0.400. The van der Waals surface area contributed by atoms with Crippen LogP contribution in [0.5, 0.6) is 0 Å². The van der Waals surface area contributed by atoms with Crippen LogP contribution in [0.1, 0.15) is 18.9 Å². The molecule has 0 bridgehead atoms. The number of carbonyl (C=O) groups excluding carboxylic acids is 1. The molecule has 1 unspecified atom stereocenters. The van der Waals surface area contributed by atoms with Gasteiger partial charge >= 0.3 is 0 Å². The van der Waals surface area contributed by atoms with E-state index in [0.717, 1.165) is 30.4 Å². The van der Waals surface area contributed by atoms with Crippen molar-refractivity contribution in [2.75, 3.05) is 5.73 Å². The minimum absolute atomic E-state index is 0.0969. The van der Waals surface area contributed by atoms with Gasteiger partial charge in [-0.15, -0.1) is 0 Å². The molecule has 0 aliphatic carbocycles. The molecule has 0 saturated carbocycles. The van der Waals surface area contributed by atoms with Crippen molar-refractivity contribution in [2.24, 2.45) is 5.92 Å². The molecule has 1 heterocycles. The van der Waals surface area contributed by atoms with E-state index in [0.29, 0.717) is 0 Å². The highest BCUT2D eigenvalue weighted by molar-refractivity contribution is 5.53. The Labute approximate surface area is 78.0 Å². The summed E-state index contributed by atoms with van der Waals surface area (Å²) >= 11 is 0. The van der Waals surface area contributed by atoms with Gasteiger partial charge in [0, 0.05) is 24.0 Å². The van der Waals surface area contributed by atoms with Crippen LogP contribution in [0.25, 0.3) is 0 Å². The molecule has 13 heavy (non-hydrogen) atoms. The smallest absolute Gasteiger partial charge is 0.122 e. The number of carbonyl (C=O) groups is 1. The summed E-state index contributed by atoms with van der Waals surface area (Å²) in [4.78, 5) is 14.3. The third-order valence-electron chi connectivity index (χ3n) is 2.04. The van der Waals surface area contributed by atoms with Crippen LogP contribution in [0.15, 0.2) is 18.5 Å². The molecule has 1 atom stereocenters. The zero-order valence-corrected chi connectivity index (χ0v) is 7.73. The van der Waals surface area contributed by atoms with Crippen LogP contribution >= 0.6 is 0 Å². The van der Waals surface area contributed by atoms with E-state index < -0.39 is 0 Å². The second kappa shape index (κ2) is 4.60. The molecule has 0 spiro atoms. The van der Waals surface area contributed by atoms with Crippen molar-refractivity contribution in [3.63, 3.8) is 0 Å². The number of rotatable bonds is 4. The first-order chi connectivity index (χ1) is 6.24. The summed E-state index contributed by atoms with van der Waals surface area (Å²) < 4.78 is 0. The van der Waals surface area contributed by atoms with Gasteiger partial charge in [0.25, 0.3) is 0 Å². The van der Waals surface area contributed by atoms with Gasteiger partial charge in [-0.05, 0) is 24.5 Å². The van der Waals surface area contributed by atoms with E-state index in [1.165, 1.54) is 0 Å². The van der Waals surface area contributed by atoms with E-state index in [-0.39, 0.29) is 5.92 Å². The lowest BCUT2D eigenvalue weighted by atomic mass is 10.0. The van der Waals surface area contributed by atoms with E-state index >= 15 is 0 Å². The van der Waals surface area contributed by atoms with Crippen LogP contribution in [0.4, 0.5) is 5.69 Å². The molecular formula is C10H14N2O. The van der Waals surface area contributed by atoms with Crippen molar-refractivity contribution >= 4 is 12.0 Å². The maximum atomic E-state index is 10.4. The Morgan fingerprint density at radius 3 is 3.08 bits per heavy atom. The molecule has 70 valence electrons. The van der Waals surface area contributed by atoms with Gasteiger partial charge in [-0.3, -0.25) is 4.98 Å². The van der Waals surface area contributed by atoms with Gasteiger partial charge in [0.05, 0.1) is 0 Å². The Hall–Kier alpha value is -1.38. The Morgan fingerprint density at radius 2 is 2.46 bits per heavy atom. The van der Waals surface area contributed by atoms with E-state index in [2.05, 4.69) is 4.98 Å². The molecule has 2 N–H and O–H groups in total. The van der Waals surface area contributed by atoms with Gasteiger partial charge in [-0.1, -0.05) is 6.92 Å². The molecule has 0 saturated heterocycles. The van der Waals surface area contributed by atoms with E-state index in [1.807, 2.05) is 6.92 Å². The molecule has 3 nitrogen and oxygen atoms in total. The molecule has 3 heteroatoms. The predicted molar refractivity (Wildman–Crippen MR) is 52.2 cm³/mol. The van der Waals surface area contributed by atoms with Gasteiger partial charge in [0.2, 0.25) is 0 Å². The topological polar surface area (TPSA) is 56.0 Å². The normalized spacial score (nSPS) is 12.4. The quantitative estimate of drug-likeness (QED) is 0.709. The number of aldehydes is 1. The fourth-order valence-electron chi connectivity index (χ4n) is 1.10. The number of nitrogens with zero attached hydrogens (tertiary/aromatic N) is 1. The standard InChI is InChI=1S/C10H14N2O/c1-8(7-13)2-3-9-6-12-5-4-10(9)11/h4-8H,2-3H2,1H3,(H2,11,12). The summed E-state index contributed by atoms with van der Waals surface area (Å²) in [6.07, 6.45) is 6.04. The van der Waals surface area contributed by atoms with Crippen LogP contribution in [0.3, 0.4) is 0 Å².